The van der Waals surface area contributed by atoms with Crippen molar-refractivity contribution >= 4 is 11.6 Å². The predicted octanol–water partition coefficient (Wildman–Crippen LogP) is 2.34. The third kappa shape index (κ3) is 3.18. The molecule has 1 N–H and O–H groups in total. The van der Waals surface area contributed by atoms with E-state index in [2.05, 4.69) is 34.1 Å². The molecule has 0 spiro atoms. The Bertz CT molecular complexity index is 453. The van der Waals surface area contributed by atoms with Crippen LogP contribution in [0.1, 0.15) is 37.3 Å². The maximum Gasteiger partial charge on any atom is 0.0820 e. The summed E-state index contributed by atoms with van der Waals surface area (Å²) in [6.45, 7) is 3.07. The Morgan fingerprint density at radius 2 is 2.15 bits per heavy atom. The first-order valence-corrected chi connectivity index (χ1v) is 8.12. The topological polar surface area (TPSA) is 33.1 Å². The maximum atomic E-state index is 6.39. The maximum absolute atomic E-state index is 6.39. The van der Waals surface area contributed by atoms with Crippen LogP contribution in [0, 0.1) is 5.92 Å². The van der Waals surface area contributed by atoms with Crippen molar-refractivity contribution < 1.29 is 0 Å². The van der Waals surface area contributed by atoms with Gasteiger partial charge in [0.15, 0.2) is 0 Å². The van der Waals surface area contributed by atoms with E-state index in [1.54, 1.807) is 0 Å². The number of nitrogens with one attached hydrogen (secondary N) is 1. The van der Waals surface area contributed by atoms with E-state index in [4.69, 9.17) is 11.6 Å². The molecule has 2 saturated carbocycles. The first kappa shape index (κ1) is 14.4. The van der Waals surface area contributed by atoms with Gasteiger partial charge in [0.2, 0.25) is 0 Å². The van der Waals surface area contributed by atoms with E-state index in [1.165, 1.54) is 31.4 Å². The standard InChI is InChI=1S/C15H25ClN4/c1-19(2)7-8-20-15(14(16)10-18-20)13-6-3-11(13)9-17-12-4-5-12/h10-13,17H,3-9H2,1-2H3. The third-order valence-corrected chi connectivity index (χ3v) is 4.90. The fourth-order valence-corrected chi connectivity index (χ4v) is 3.27. The zero-order valence-electron chi connectivity index (χ0n) is 12.5. The van der Waals surface area contributed by atoms with Gasteiger partial charge < -0.3 is 10.2 Å². The van der Waals surface area contributed by atoms with Gasteiger partial charge in [0.25, 0.3) is 0 Å². The summed E-state index contributed by atoms with van der Waals surface area (Å²) in [4.78, 5) is 2.19. The normalized spacial score (nSPS) is 26.0. The summed E-state index contributed by atoms with van der Waals surface area (Å²) in [6, 6.07) is 0.797. The molecular weight excluding hydrogens is 272 g/mol. The SMILES string of the molecule is CN(C)CCn1ncc(Cl)c1C1CCC1CNC1CC1. The summed E-state index contributed by atoms with van der Waals surface area (Å²) in [6.07, 6.45) is 7.11. The van der Waals surface area contributed by atoms with E-state index >= 15 is 0 Å². The van der Waals surface area contributed by atoms with Crippen LogP contribution in [0.25, 0.3) is 0 Å². The van der Waals surface area contributed by atoms with Crippen molar-refractivity contribution in [3.8, 4) is 0 Å². The monoisotopic (exact) mass is 296 g/mol. The molecule has 1 heterocycles. The van der Waals surface area contributed by atoms with Crippen molar-refractivity contribution in [3.05, 3.63) is 16.9 Å². The van der Waals surface area contributed by atoms with E-state index in [9.17, 15) is 0 Å². The quantitative estimate of drug-likeness (QED) is 0.838. The molecule has 2 fully saturated rings. The van der Waals surface area contributed by atoms with Gasteiger partial charge >= 0.3 is 0 Å². The zero-order valence-corrected chi connectivity index (χ0v) is 13.2. The Morgan fingerprint density at radius 1 is 1.35 bits per heavy atom. The Morgan fingerprint density at radius 3 is 2.75 bits per heavy atom. The van der Waals surface area contributed by atoms with Gasteiger partial charge in [-0.05, 0) is 52.2 Å². The molecule has 0 bridgehead atoms. The van der Waals surface area contributed by atoms with Gasteiger partial charge in [0.1, 0.15) is 0 Å². The number of likely N-dealkylation sites (N-methyl/N-ethyl adjacent to an activating group) is 1. The molecule has 5 heteroatoms. The summed E-state index contributed by atoms with van der Waals surface area (Å²) < 4.78 is 2.12. The first-order chi connectivity index (χ1) is 9.65. The van der Waals surface area contributed by atoms with Gasteiger partial charge in [-0.3, -0.25) is 4.68 Å². The van der Waals surface area contributed by atoms with Crippen molar-refractivity contribution in [2.24, 2.45) is 5.92 Å². The average Bonchev–Trinajstić information content (AvgIpc) is 3.13. The molecule has 0 aliphatic heterocycles. The van der Waals surface area contributed by atoms with Crippen LogP contribution in [0.15, 0.2) is 6.20 Å². The summed E-state index contributed by atoms with van der Waals surface area (Å²) in [5.41, 5.74) is 1.27. The van der Waals surface area contributed by atoms with Gasteiger partial charge in [0.05, 0.1) is 23.5 Å². The Labute approximate surface area is 126 Å². The number of halogens is 1. The van der Waals surface area contributed by atoms with Crippen molar-refractivity contribution in [1.29, 1.82) is 0 Å². The van der Waals surface area contributed by atoms with E-state index in [1.807, 2.05) is 6.20 Å². The van der Waals surface area contributed by atoms with Gasteiger partial charge in [-0.25, -0.2) is 0 Å². The first-order valence-electron chi connectivity index (χ1n) is 7.74. The van der Waals surface area contributed by atoms with Gasteiger partial charge in [-0.15, -0.1) is 0 Å². The number of aromatic nitrogens is 2. The van der Waals surface area contributed by atoms with E-state index in [0.29, 0.717) is 5.92 Å². The molecule has 2 aliphatic carbocycles. The van der Waals surface area contributed by atoms with Crippen LogP contribution in [0.3, 0.4) is 0 Å². The lowest BCUT2D eigenvalue weighted by Crippen LogP contribution is -2.36. The molecule has 20 heavy (non-hydrogen) atoms. The van der Waals surface area contributed by atoms with E-state index < -0.39 is 0 Å². The second kappa shape index (κ2) is 6.04. The average molecular weight is 297 g/mol. The zero-order chi connectivity index (χ0) is 14.1. The van der Waals surface area contributed by atoms with Crippen LogP contribution in [0.2, 0.25) is 5.02 Å². The number of hydrogen-bond acceptors (Lipinski definition) is 3. The lowest BCUT2D eigenvalue weighted by atomic mass is 9.71. The van der Waals surface area contributed by atoms with E-state index in [-0.39, 0.29) is 0 Å². The van der Waals surface area contributed by atoms with Crippen LogP contribution >= 0.6 is 11.6 Å². The second-order valence-electron chi connectivity index (χ2n) is 6.53. The third-order valence-electron chi connectivity index (χ3n) is 4.61. The highest BCUT2D eigenvalue weighted by molar-refractivity contribution is 6.31. The smallest absolute Gasteiger partial charge is 0.0820 e. The van der Waals surface area contributed by atoms with Crippen LogP contribution in [0.4, 0.5) is 0 Å². The van der Waals surface area contributed by atoms with Crippen LogP contribution in [-0.2, 0) is 6.54 Å². The Hall–Kier alpha value is -0.580. The molecule has 3 rings (SSSR count). The molecule has 1 aromatic rings. The molecule has 112 valence electrons. The fourth-order valence-electron chi connectivity index (χ4n) is 2.99. The fraction of sp³-hybridized carbons (Fsp3) is 0.800. The van der Waals surface area contributed by atoms with Crippen molar-refractivity contribution in [2.45, 2.75) is 44.2 Å². The highest BCUT2D eigenvalue weighted by atomic mass is 35.5. The highest BCUT2D eigenvalue weighted by Crippen LogP contribution is 2.44. The molecular formula is C15H25ClN4. The predicted molar refractivity (Wildman–Crippen MR) is 82.3 cm³/mol. The van der Waals surface area contributed by atoms with Gasteiger partial charge in [-0.1, -0.05) is 11.6 Å². The van der Waals surface area contributed by atoms with Gasteiger partial charge in [-0.2, -0.15) is 5.10 Å². The Kier molecular flexibility index (Phi) is 4.34. The number of nitrogens with zero attached hydrogens (tertiary/aromatic N) is 3. The lowest BCUT2D eigenvalue weighted by Gasteiger charge is -2.37. The van der Waals surface area contributed by atoms with Crippen molar-refractivity contribution in [3.63, 3.8) is 0 Å². The molecule has 0 aromatic carbocycles. The largest absolute Gasteiger partial charge is 0.314 e. The van der Waals surface area contributed by atoms with Crippen LogP contribution in [0.5, 0.6) is 0 Å². The summed E-state index contributed by atoms with van der Waals surface area (Å²) in [5.74, 6) is 1.33. The number of rotatable bonds is 7. The molecule has 1 aromatic heterocycles. The minimum absolute atomic E-state index is 0.596. The van der Waals surface area contributed by atoms with Crippen molar-refractivity contribution in [2.75, 3.05) is 27.2 Å². The minimum Gasteiger partial charge on any atom is -0.314 e. The molecule has 2 atom stereocenters. The van der Waals surface area contributed by atoms with Crippen LogP contribution < -0.4 is 5.32 Å². The molecule has 2 unspecified atom stereocenters. The van der Waals surface area contributed by atoms with Crippen molar-refractivity contribution in [1.82, 2.24) is 20.0 Å². The molecule has 0 saturated heterocycles. The molecule has 4 nitrogen and oxygen atoms in total. The molecule has 0 amide bonds. The second-order valence-corrected chi connectivity index (χ2v) is 6.94. The van der Waals surface area contributed by atoms with E-state index in [0.717, 1.165) is 36.6 Å². The number of hydrogen-bond donors (Lipinski definition) is 1. The highest BCUT2D eigenvalue weighted by Gasteiger charge is 2.36. The van der Waals surface area contributed by atoms with Crippen LogP contribution in [-0.4, -0.2) is 47.9 Å². The summed E-state index contributed by atoms with van der Waals surface area (Å²) in [7, 11) is 4.19. The lowest BCUT2D eigenvalue weighted by molar-refractivity contribution is 0.230. The Balaban J connectivity index is 1.63. The van der Waals surface area contributed by atoms with Gasteiger partial charge in [0, 0.05) is 18.5 Å². The minimum atomic E-state index is 0.596. The molecule has 0 radical (unpaired) electrons. The molecule has 2 aliphatic rings. The summed E-state index contributed by atoms with van der Waals surface area (Å²) in [5, 5.41) is 8.98. The summed E-state index contributed by atoms with van der Waals surface area (Å²) >= 11 is 6.39.